The van der Waals surface area contributed by atoms with Gasteiger partial charge in [-0.25, -0.2) is 0 Å². The number of rotatable bonds is 6. The average molecular weight is 317 g/mol. The van der Waals surface area contributed by atoms with Gasteiger partial charge >= 0.3 is 0 Å². The highest BCUT2D eigenvalue weighted by molar-refractivity contribution is 9.10. The first-order valence-corrected chi connectivity index (χ1v) is 6.38. The largest absolute Gasteiger partial charge is 0.384 e. The second-order valence-electron chi connectivity index (χ2n) is 4.56. The molecule has 1 aromatic rings. The van der Waals surface area contributed by atoms with Gasteiger partial charge in [0, 0.05) is 30.3 Å². The lowest BCUT2D eigenvalue weighted by Crippen LogP contribution is -2.25. The maximum absolute atomic E-state index is 10.7. The molecular formula is C12H17BrN2O3. The van der Waals surface area contributed by atoms with Gasteiger partial charge in [0.2, 0.25) is 0 Å². The summed E-state index contributed by atoms with van der Waals surface area (Å²) >= 11 is 3.36. The normalized spacial score (nSPS) is 11.3. The van der Waals surface area contributed by atoms with Gasteiger partial charge in [-0.05, 0) is 42.3 Å². The number of ether oxygens (including phenoxy) is 1. The fourth-order valence-corrected chi connectivity index (χ4v) is 1.75. The third-order valence-corrected chi connectivity index (χ3v) is 3.45. The Bertz CT molecular complexity index is 435. The van der Waals surface area contributed by atoms with Gasteiger partial charge in [0.1, 0.15) is 0 Å². The van der Waals surface area contributed by atoms with Crippen molar-refractivity contribution < 1.29 is 9.66 Å². The minimum Gasteiger partial charge on any atom is -0.384 e. The maximum Gasteiger partial charge on any atom is 0.271 e. The highest BCUT2D eigenvalue weighted by atomic mass is 79.9. The van der Waals surface area contributed by atoms with E-state index < -0.39 is 4.92 Å². The number of halogens is 1. The molecule has 0 atom stereocenters. The summed E-state index contributed by atoms with van der Waals surface area (Å²) in [6.07, 6.45) is 0.804. The molecule has 0 saturated carbocycles. The van der Waals surface area contributed by atoms with Crippen molar-refractivity contribution in [1.82, 2.24) is 0 Å². The molecule has 0 aliphatic rings. The summed E-state index contributed by atoms with van der Waals surface area (Å²) in [5.41, 5.74) is 0.586. The average Bonchev–Trinajstić information content (AvgIpc) is 2.31. The van der Waals surface area contributed by atoms with Gasteiger partial charge in [-0.3, -0.25) is 10.1 Å². The zero-order chi connectivity index (χ0) is 13.8. The molecule has 0 heterocycles. The van der Waals surface area contributed by atoms with E-state index in [0.717, 1.165) is 16.6 Å². The van der Waals surface area contributed by atoms with Crippen molar-refractivity contribution in [3.8, 4) is 0 Å². The predicted octanol–water partition coefficient (Wildman–Crippen LogP) is 3.58. The van der Waals surface area contributed by atoms with Crippen LogP contribution in [0.5, 0.6) is 0 Å². The van der Waals surface area contributed by atoms with E-state index >= 15 is 0 Å². The molecule has 6 heteroatoms. The van der Waals surface area contributed by atoms with Crippen LogP contribution in [0.2, 0.25) is 0 Å². The zero-order valence-corrected chi connectivity index (χ0v) is 12.3. The van der Waals surface area contributed by atoms with Crippen LogP contribution in [0.3, 0.4) is 0 Å². The molecule has 0 spiro atoms. The Morgan fingerprint density at radius 2 is 2.17 bits per heavy atom. The van der Waals surface area contributed by atoms with Crippen LogP contribution in [0, 0.1) is 10.1 Å². The maximum atomic E-state index is 10.7. The second kappa shape index (κ2) is 6.15. The first kappa shape index (κ1) is 14.9. The number of methoxy groups -OCH3 is 1. The Morgan fingerprint density at radius 1 is 1.50 bits per heavy atom. The molecule has 0 aliphatic carbocycles. The minimum atomic E-state index is -0.406. The number of non-ortho nitro benzene ring substituents is 1. The van der Waals surface area contributed by atoms with Crippen molar-refractivity contribution in [2.45, 2.75) is 25.9 Å². The van der Waals surface area contributed by atoms with Crippen LogP contribution in [0.1, 0.15) is 20.3 Å². The fourth-order valence-electron chi connectivity index (χ4n) is 1.36. The van der Waals surface area contributed by atoms with Crippen LogP contribution in [-0.2, 0) is 4.74 Å². The predicted molar refractivity (Wildman–Crippen MR) is 75.0 cm³/mol. The van der Waals surface area contributed by atoms with Gasteiger partial charge in [0.15, 0.2) is 0 Å². The van der Waals surface area contributed by atoms with Crippen LogP contribution in [0.25, 0.3) is 0 Å². The smallest absolute Gasteiger partial charge is 0.271 e. The second-order valence-corrected chi connectivity index (χ2v) is 5.42. The molecule has 1 aromatic carbocycles. The molecule has 0 radical (unpaired) electrons. The van der Waals surface area contributed by atoms with Crippen LogP contribution >= 0.6 is 15.9 Å². The van der Waals surface area contributed by atoms with Crippen LogP contribution in [-0.4, -0.2) is 24.2 Å². The summed E-state index contributed by atoms with van der Waals surface area (Å²) in [5, 5.41) is 13.9. The SMILES string of the molecule is COC(C)(C)CCNc1cc([N+](=O)[O-])ccc1Br. The molecule has 100 valence electrons. The number of hydrogen-bond donors (Lipinski definition) is 1. The molecule has 0 aromatic heterocycles. The molecule has 5 nitrogen and oxygen atoms in total. The Hall–Kier alpha value is -1.14. The standard InChI is InChI=1S/C12H17BrN2O3/c1-12(2,18-3)6-7-14-11-8-9(15(16)17)4-5-10(11)13/h4-5,8,14H,6-7H2,1-3H3. The fraction of sp³-hybridized carbons (Fsp3) is 0.500. The minimum absolute atomic E-state index is 0.0756. The van der Waals surface area contributed by atoms with Crippen molar-refractivity contribution in [2.24, 2.45) is 0 Å². The summed E-state index contributed by atoms with van der Waals surface area (Å²) in [7, 11) is 1.67. The molecule has 18 heavy (non-hydrogen) atoms. The lowest BCUT2D eigenvalue weighted by molar-refractivity contribution is -0.384. The van der Waals surface area contributed by atoms with Crippen molar-refractivity contribution in [3.63, 3.8) is 0 Å². The van der Waals surface area contributed by atoms with Crippen LogP contribution in [0.15, 0.2) is 22.7 Å². The third kappa shape index (κ3) is 4.27. The molecule has 0 unspecified atom stereocenters. The monoisotopic (exact) mass is 316 g/mol. The molecule has 1 N–H and O–H groups in total. The first-order valence-electron chi connectivity index (χ1n) is 5.59. The van der Waals surface area contributed by atoms with E-state index in [-0.39, 0.29) is 11.3 Å². The first-order chi connectivity index (χ1) is 8.35. The molecule has 0 amide bonds. The number of anilines is 1. The summed E-state index contributed by atoms with van der Waals surface area (Å²) in [6.45, 7) is 4.68. The van der Waals surface area contributed by atoms with E-state index in [9.17, 15) is 10.1 Å². The molecule has 0 bridgehead atoms. The lowest BCUT2D eigenvalue weighted by Gasteiger charge is -2.23. The molecule has 1 rings (SSSR count). The molecule has 0 fully saturated rings. The topological polar surface area (TPSA) is 64.4 Å². The highest BCUT2D eigenvalue weighted by Gasteiger charge is 2.16. The Morgan fingerprint density at radius 3 is 2.72 bits per heavy atom. The van der Waals surface area contributed by atoms with Gasteiger partial charge < -0.3 is 10.1 Å². The lowest BCUT2D eigenvalue weighted by atomic mass is 10.1. The molecular weight excluding hydrogens is 300 g/mol. The summed E-state index contributed by atoms with van der Waals surface area (Å²) in [6, 6.07) is 4.65. The van der Waals surface area contributed by atoms with Crippen molar-refractivity contribution >= 4 is 27.3 Å². The Balaban J connectivity index is 2.67. The number of benzene rings is 1. The Kier molecular flexibility index (Phi) is 5.10. The van der Waals surface area contributed by atoms with Gasteiger partial charge in [-0.1, -0.05) is 0 Å². The van der Waals surface area contributed by atoms with Gasteiger partial charge in [0.05, 0.1) is 16.2 Å². The van der Waals surface area contributed by atoms with Gasteiger partial charge in [-0.15, -0.1) is 0 Å². The number of nitrogens with zero attached hydrogens (tertiary/aromatic N) is 1. The quantitative estimate of drug-likeness (QED) is 0.643. The highest BCUT2D eigenvalue weighted by Crippen LogP contribution is 2.27. The van der Waals surface area contributed by atoms with E-state index in [1.807, 2.05) is 13.8 Å². The van der Waals surface area contributed by atoms with E-state index in [2.05, 4.69) is 21.2 Å². The number of nitro benzene ring substituents is 1. The third-order valence-electron chi connectivity index (χ3n) is 2.76. The van der Waals surface area contributed by atoms with Crippen molar-refractivity contribution in [3.05, 3.63) is 32.8 Å². The van der Waals surface area contributed by atoms with E-state index in [0.29, 0.717) is 6.54 Å². The molecule has 0 aliphatic heterocycles. The number of hydrogen-bond acceptors (Lipinski definition) is 4. The van der Waals surface area contributed by atoms with Crippen LogP contribution < -0.4 is 5.32 Å². The summed E-state index contributed by atoms with van der Waals surface area (Å²) in [5.74, 6) is 0. The Labute approximate surface area is 115 Å². The number of nitrogens with one attached hydrogen (secondary N) is 1. The summed E-state index contributed by atoms with van der Waals surface area (Å²) < 4.78 is 6.12. The van der Waals surface area contributed by atoms with E-state index in [1.165, 1.54) is 12.1 Å². The van der Waals surface area contributed by atoms with Crippen LogP contribution in [0.4, 0.5) is 11.4 Å². The van der Waals surface area contributed by atoms with Crippen molar-refractivity contribution in [2.75, 3.05) is 19.0 Å². The van der Waals surface area contributed by atoms with E-state index in [4.69, 9.17) is 4.74 Å². The van der Waals surface area contributed by atoms with Gasteiger partial charge in [-0.2, -0.15) is 0 Å². The van der Waals surface area contributed by atoms with Gasteiger partial charge in [0.25, 0.3) is 5.69 Å². The number of nitro groups is 1. The summed E-state index contributed by atoms with van der Waals surface area (Å²) in [4.78, 5) is 10.3. The van der Waals surface area contributed by atoms with Crippen molar-refractivity contribution in [1.29, 1.82) is 0 Å². The van der Waals surface area contributed by atoms with E-state index in [1.54, 1.807) is 13.2 Å². The molecule has 0 saturated heterocycles. The zero-order valence-electron chi connectivity index (χ0n) is 10.7.